The number of carbonyl (C=O) groups is 2. The fraction of sp³-hybridized carbons (Fsp3) is 0.200. The molecule has 3 aromatic rings. The second-order valence-corrected chi connectivity index (χ2v) is 9.55. The lowest BCUT2D eigenvalue weighted by atomic mass is 9.86. The molecule has 44 heavy (non-hydrogen) atoms. The van der Waals surface area contributed by atoms with E-state index in [0.29, 0.717) is 0 Å². The van der Waals surface area contributed by atoms with Gasteiger partial charge in [0.05, 0.1) is 11.3 Å². The Hall–Kier alpha value is -3.90. The molecular formula is C25H11BrF14N2O2. The predicted molar refractivity (Wildman–Crippen MR) is 128 cm³/mol. The molecule has 19 heteroatoms. The van der Waals surface area contributed by atoms with Crippen LogP contribution >= 0.6 is 15.9 Å². The number of hydrogen-bond donors (Lipinski definition) is 2. The van der Waals surface area contributed by atoms with Crippen molar-refractivity contribution in [3.8, 4) is 0 Å². The molecule has 0 radical (unpaired) electrons. The summed E-state index contributed by atoms with van der Waals surface area (Å²) in [5, 5.41) is 3.58. The van der Waals surface area contributed by atoms with Crippen LogP contribution in [0.5, 0.6) is 0 Å². The van der Waals surface area contributed by atoms with Crippen LogP contribution in [-0.2, 0) is 11.8 Å². The van der Waals surface area contributed by atoms with Gasteiger partial charge in [0.15, 0.2) is 0 Å². The van der Waals surface area contributed by atoms with E-state index in [-0.39, 0.29) is 5.69 Å². The first-order valence-corrected chi connectivity index (χ1v) is 12.0. The van der Waals surface area contributed by atoms with Gasteiger partial charge in [0.1, 0.15) is 17.2 Å². The maximum atomic E-state index is 14.9. The van der Waals surface area contributed by atoms with Crippen molar-refractivity contribution in [2.75, 3.05) is 10.6 Å². The van der Waals surface area contributed by atoms with Gasteiger partial charge in [-0.3, -0.25) is 9.59 Å². The molecule has 0 spiro atoms. The van der Waals surface area contributed by atoms with Crippen LogP contribution in [0.4, 0.5) is 72.8 Å². The molecule has 0 aliphatic heterocycles. The summed E-state index contributed by atoms with van der Waals surface area (Å²) in [5.74, 6) is -12.7. The molecule has 3 rings (SSSR count). The van der Waals surface area contributed by atoms with Gasteiger partial charge in [-0.15, -0.1) is 0 Å². The number of carbonyl (C=O) groups excluding carboxylic acids is 2. The van der Waals surface area contributed by atoms with E-state index in [1.807, 2.05) is 5.32 Å². The predicted octanol–water partition coefficient (Wildman–Crippen LogP) is 9.18. The third-order valence-corrected chi connectivity index (χ3v) is 6.41. The van der Waals surface area contributed by atoms with Crippen LogP contribution in [0.3, 0.4) is 0 Å². The van der Waals surface area contributed by atoms with E-state index in [0.717, 1.165) is 42.5 Å². The third-order valence-electron chi connectivity index (χ3n) is 5.78. The van der Waals surface area contributed by atoms with Crippen molar-refractivity contribution in [2.24, 2.45) is 0 Å². The highest BCUT2D eigenvalue weighted by Gasteiger charge is 2.82. The van der Waals surface area contributed by atoms with Gasteiger partial charge in [-0.1, -0.05) is 12.1 Å². The molecule has 0 saturated carbocycles. The number of anilines is 2. The van der Waals surface area contributed by atoms with Gasteiger partial charge in [-0.05, 0) is 58.4 Å². The average Bonchev–Trinajstić information content (AvgIpc) is 2.87. The Morgan fingerprint density at radius 3 is 1.70 bits per heavy atom. The fourth-order valence-corrected chi connectivity index (χ4v) is 4.27. The van der Waals surface area contributed by atoms with Crippen molar-refractivity contribution in [3.05, 3.63) is 93.0 Å². The first-order chi connectivity index (χ1) is 19.9. The van der Waals surface area contributed by atoms with Crippen LogP contribution in [0.1, 0.15) is 31.8 Å². The highest BCUT2D eigenvalue weighted by atomic mass is 79.9. The third kappa shape index (κ3) is 6.32. The molecule has 1 unspecified atom stereocenters. The SMILES string of the molecule is O=C(Nc1c(Br)cc(C(F)(C(F)(F)F)C(F)(F)C(F)(F)F)cc1C(F)(F)F)c1cccc(NC(=O)c2c(F)cccc2F)c1. The molecule has 0 saturated heterocycles. The van der Waals surface area contributed by atoms with Crippen LogP contribution in [0.15, 0.2) is 59.1 Å². The van der Waals surface area contributed by atoms with Crippen LogP contribution < -0.4 is 10.6 Å². The van der Waals surface area contributed by atoms with Crippen molar-refractivity contribution in [2.45, 2.75) is 30.1 Å². The molecule has 0 aliphatic carbocycles. The number of halogens is 15. The number of rotatable bonds is 6. The summed E-state index contributed by atoms with van der Waals surface area (Å²) < 4.78 is 189. The first kappa shape index (κ1) is 34.6. The molecular weight excluding hydrogens is 706 g/mol. The Balaban J connectivity index is 2.06. The molecule has 238 valence electrons. The molecule has 0 aliphatic rings. The van der Waals surface area contributed by atoms with Crippen LogP contribution in [0.25, 0.3) is 0 Å². The van der Waals surface area contributed by atoms with E-state index in [1.54, 1.807) is 5.32 Å². The number of benzene rings is 3. The maximum absolute atomic E-state index is 14.9. The molecule has 0 fully saturated rings. The number of hydrogen-bond acceptors (Lipinski definition) is 2. The smallest absolute Gasteiger partial charge is 0.322 e. The summed E-state index contributed by atoms with van der Waals surface area (Å²) in [4.78, 5) is 25.0. The van der Waals surface area contributed by atoms with Gasteiger partial charge in [-0.2, -0.15) is 48.3 Å². The van der Waals surface area contributed by atoms with E-state index in [9.17, 15) is 71.1 Å². The summed E-state index contributed by atoms with van der Waals surface area (Å²) in [6, 6.07) is 4.79. The van der Waals surface area contributed by atoms with Gasteiger partial charge < -0.3 is 10.6 Å². The van der Waals surface area contributed by atoms with Crippen LogP contribution in [-0.4, -0.2) is 30.1 Å². The fourth-order valence-electron chi connectivity index (χ4n) is 3.71. The van der Waals surface area contributed by atoms with E-state index in [2.05, 4.69) is 15.9 Å². The zero-order chi connectivity index (χ0) is 33.6. The van der Waals surface area contributed by atoms with E-state index in [4.69, 9.17) is 0 Å². The van der Waals surface area contributed by atoms with Crippen molar-refractivity contribution in [1.82, 2.24) is 0 Å². The number of nitrogens with one attached hydrogen (secondary N) is 2. The summed E-state index contributed by atoms with van der Waals surface area (Å²) in [7, 11) is 0. The topological polar surface area (TPSA) is 58.2 Å². The number of alkyl halides is 12. The minimum absolute atomic E-state index is 0.350. The van der Waals surface area contributed by atoms with Gasteiger partial charge >= 0.3 is 30.1 Å². The lowest BCUT2D eigenvalue weighted by Gasteiger charge is -2.36. The van der Waals surface area contributed by atoms with Crippen molar-refractivity contribution in [1.29, 1.82) is 0 Å². The zero-order valence-corrected chi connectivity index (χ0v) is 22.3. The molecule has 4 nitrogen and oxygen atoms in total. The van der Waals surface area contributed by atoms with Crippen molar-refractivity contribution in [3.63, 3.8) is 0 Å². The summed E-state index contributed by atoms with van der Waals surface area (Å²) in [5.41, 5.74) is -15.5. The summed E-state index contributed by atoms with van der Waals surface area (Å²) in [6.45, 7) is 0. The lowest BCUT2D eigenvalue weighted by molar-refractivity contribution is -0.389. The van der Waals surface area contributed by atoms with Crippen LogP contribution in [0.2, 0.25) is 0 Å². The molecule has 2 N–H and O–H groups in total. The van der Waals surface area contributed by atoms with Crippen molar-refractivity contribution < 1.29 is 71.1 Å². The minimum atomic E-state index is -7.28. The van der Waals surface area contributed by atoms with Gasteiger partial charge in [0.2, 0.25) is 0 Å². The van der Waals surface area contributed by atoms with E-state index < -0.39 is 98.1 Å². The first-order valence-electron chi connectivity index (χ1n) is 11.2. The Labute approximate surface area is 244 Å². The molecule has 0 heterocycles. The quantitative estimate of drug-likeness (QED) is 0.250. The Bertz CT molecular complexity index is 1580. The average molecular weight is 717 g/mol. The highest BCUT2D eigenvalue weighted by Crippen LogP contribution is 2.59. The lowest BCUT2D eigenvalue weighted by Crippen LogP contribution is -2.59. The van der Waals surface area contributed by atoms with Gasteiger partial charge in [-0.25, -0.2) is 13.2 Å². The van der Waals surface area contributed by atoms with E-state index in [1.165, 1.54) is 0 Å². The Kier molecular flexibility index (Phi) is 9.08. The van der Waals surface area contributed by atoms with Gasteiger partial charge in [0.25, 0.3) is 11.8 Å². The number of amides is 2. The zero-order valence-electron chi connectivity index (χ0n) is 20.7. The second-order valence-electron chi connectivity index (χ2n) is 8.69. The summed E-state index contributed by atoms with van der Waals surface area (Å²) in [6.07, 6.45) is -20.2. The second kappa shape index (κ2) is 11.6. The van der Waals surface area contributed by atoms with Crippen LogP contribution in [0, 0.1) is 11.6 Å². The monoisotopic (exact) mass is 716 g/mol. The van der Waals surface area contributed by atoms with Crippen molar-refractivity contribution >= 4 is 39.1 Å². The summed E-state index contributed by atoms with van der Waals surface area (Å²) >= 11 is 2.25. The molecule has 3 aromatic carbocycles. The molecule has 2 amide bonds. The molecule has 0 aromatic heterocycles. The normalized spacial score (nSPS) is 14.2. The largest absolute Gasteiger partial charge is 0.457 e. The van der Waals surface area contributed by atoms with Gasteiger partial charge in [0, 0.05) is 21.3 Å². The molecule has 1 atom stereocenters. The Morgan fingerprint density at radius 2 is 1.20 bits per heavy atom. The molecule has 0 bridgehead atoms. The van der Waals surface area contributed by atoms with E-state index >= 15 is 0 Å². The Morgan fingerprint density at radius 1 is 0.659 bits per heavy atom. The maximum Gasteiger partial charge on any atom is 0.457 e. The standard InChI is InChI=1S/C25H11BrF14N2O2/c26-14-9-11(21(29,24(35,36)37)23(33,34)25(38,39)40)8-13(22(30,31)32)18(14)42-19(43)10-3-1-4-12(7-10)41-20(44)17-15(27)5-2-6-16(17)28/h1-9H,(H,41,44)(H,42,43). The highest BCUT2D eigenvalue weighted by molar-refractivity contribution is 9.10. The minimum Gasteiger partial charge on any atom is -0.322 e.